The summed E-state index contributed by atoms with van der Waals surface area (Å²) in [6, 6.07) is 0. The third kappa shape index (κ3) is 1.71. The molecule has 6 N–H and O–H groups in total. The molecule has 1 aromatic rings. The van der Waals surface area contributed by atoms with Crippen LogP contribution in [0.3, 0.4) is 0 Å². The standard InChI is InChI=1S/C12H20N4/c1-6-7(12(2,3)4)8(13)9(14)10(15)11(6)16-5/h5,13-15H2,1-4H3. The minimum atomic E-state index is -0.102. The van der Waals surface area contributed by atoms with Gasteiger partial charge in [-0.2, -0.15) is 0 Å². The average molecular weight is 220 g/mol. The zero-order chi connectivity index (χ0) is 12.7. The SMILES string of the molecule is C=Nc1c(C)c(C(C)(C)C)c(N)c(N)c1N. The normalized spacial score (nSPS) is 11.5. The first-order valence-corrected chi connectivity index (χ1v) is 5.16. The summed E-state index contributed by atoms with van der Waals surface area (Å²) < 4.78 is 0. The Morgan fingerprint density at radius 3 is 1.88 bits per heavy atom. The number of hydrogen-bond acceptors (Lipinski definition) is 4. The van der Waals surface area contributed by atoms with Gasteiger partial charge in [-0.05, 0) is 30.2 Å². The summed E-state index contributed by atoms with van der Waals surface area (Å²) in [4.78, 5) is 3.94. The van der Waals surface area contributed by atoms with Crippen LogP contribution in [0.2, 0.25) is 0 Å². The molecule has 0 fully saturated rings. The molecule has 0 amide bonds. The lowest BCUT2D eigenvalue weighted by Gasteiger charge is -2.26. The van der Waals surface area contributed by atoms with Crippen LogP contribution >= 0.6 is 0 Å². The van der Waals surface area contributed by atoms with Crippen LogP contribution < -0.4 is 17.2 Å². The number of hydrogen-bond donors (Lipinski definition) is 3. The molecule has 0 bridgehead atoms. The first-order valence-electron chi connectivity index (χ1n) is 5.16. The average Bonchev–Trinajstić information content (AvgIpc) is 2.13. The van der Waals surface area contributed by atoms with Crippen molar-refractivity contribution in [3.8, 4) is 0 Å². The van der Waals surface area contributed by atoms with Gasteiger partial charge in [0, 0.05) is 0 Å². The molecule has 4 heteroatoms. The summed E-state index contributed by atoms with van der Waals surface area (Å²) in [5.74, 6) is 0. The Morgan fingerprint density at radius 1 is 1.00 bits per heavy atom. The summed E-state index contributed by atoms with van der Waals surface area (Å²) >= 11 is 0. The second kappa shape index (κ2) is 3.70. The Morgan fingerprint density at radius 2 is 1.50 bits per heavy atom. The van der Waals surface area contributed by atoms with Gasteiger partial charge in [0.1, 0.15) is 0 Å². The summed E-state index contributed by atoms with van der Waals surface area (Å²) in [5.41, 5.74) is 21.6. The number of aliphatic imine (C=N–C) groups is 1. The highest BCUT2D eigenvalue weighted by molar-refractivity contribution is 5.91. The summed E-state index contributed by atoms with van der Waals surface area (Å²) in [5, 5.41) is 0. The first-order chi connectivity index (χ1) is 7.21. The molecule has 0 saturated heterocycles. The van der Waals surface area contributed by atoms with Gasteiger partial charge in [0.2, 0.25) is 0 Å². The minimum Gasteiger partial charge on any atom is -0.397 e. The van der Waals surface area contributed by atoms with E-state index in [1.54, 1.807) is 0 Å². The van der Waals surface area contributed by atoms with Crippen molar-refractivity contribution in [1.29, 1.82) is 0 Å². The Bertz CT molecular complexity index is 442. The van der Waals surface area contributed by atoms with Crippen molar-refractivity contribution in [2.45, 2.75) is 33.1 Å². The van der Waals surface area contributed by atoms with Crippen LogP contribution in [0, 0.1) is 6.92 Å². The quantitative estimate of drug-likeness (QED) is 0.501. The molecule has 0 radical (unpaired) electrons. The van der Waals surface area contributed by atoms with E-state index in [9.17, 15) is 0 Å². The number of nitrogens with zero attached hydrogens (tertiary/aromatic N) is 1. The zero-order valence-electron chi connectivity index (χ0n) is 10.4. The van der Waals surface area contributed by atoms with E-state index in [-0.39, 0.29) is 5.41 Å². The van der Waals surface area contributed by atoms with Gasteiger partial charge in [0.15, 0.2) is 0 Å². The van der Waals surface area contributed by atoms with Crippen molar-refractivity contribution < 1.29 is 0 Å². The fourth-order valence-electron chi connectivity index (χ4n) is 2.10. The van der Waals surface area contributed by atoms with Crippen molar-refractivity contribution >= 4 is 29.5 Å². The monoisotopic (exact) mass is 220 g/mol. The molecule has 88 valence electrons. The third-order valence-corrected chi connectivity index (χ3v) is 2.74. The van der Waals surface area contributed by atoms with E-state index in [0.29, 0.717) is 22.7 Å². The van der Waals surface area contributed by atoms with Gasteiger partial charge in [-0.15, -0.1) is 0 Å². The number of nitrogens with two attached hydrogens (primary N) is 3. The Labute approximate surface area is 96.5 Å². The maximum Gasteiger partial charge on any atom is 0.0906 e. The van der Waals surface area contributed by atoms with Crippen LogP contribution in [0.25, 0.3) is 0 Å². The number of anilines is 3. The largest absolute Gasteiger partial charge is 0.397 e. The van der Waals surface area contributed by atoms with E-state index in [0.717, 1.165) is 11.1 Å². The van der Waals surface area contributed by atoms with Gasteiger partial charge in [0.05, 0.1) is 22.7 Å². The van der Waals surface area contributed by atoms with Crippen LogP contribution in [-0.4, -0.2) is 6.72 Å². The molecule has 0 atom stereocenters. The van der Waals surface area contributed by atoms with Crippen molar-refractivity contribution in [2.24, 2.45) is 4.99 Å². The van der Waals surface area contributed by atoms with Gasteiger partial charge >= 0.3 is 0 Å². The molecule has 0 heterocycles. The smallest absolute Gasteiger partial charge is 0.0906 e. The Balaban J connectivity index is 3.76. The topological polar surface area (TPSA) is 90.4 Å². The molecule has 0 unspecified atom stereocenters. The molecule has 0 saturated carbocycles. The Hall–Kier alpha value is -1.71. The second-order valence-electron chi connectivity index (χ2n) is 5.00. The molecule has 0 aliphatic heterocycles. The van der Waals surface area contributed by atoms with Crippen LogP contribution in [-0.2, 0) is 5.41 Å². The molecule has 1 aromatic carbocycles. The summed E-state index contributed by atoms with van der Waals surface area (Å²) in [7, 11) is 0. The van der Waals surface area contributed by atoms with Crippen molar-refractivity contribution in [3.05, 3.63) is 11.1 Å². The Kier molecular flexibility index (Phi) is 2.86. The first kappa shape index (κ1) is 12.4. The molecular formula is C12H20N4. The van der Waals surface area contributed by atoms with Crippen LogP contribution in [0.4, 0.5) is 22.7 Å². The lowest BCUT2D eigenvalue weighted by molar-refractivity contribution is 0.589. The van der Waals surface area contributed by atoms with Gasteiger partial charge in [-0.1, -0.05) is 20.8 Å². The van der Waals surface area contributed by atoms with Crippen molar-refractivity contribution in [3.63, 3.8) is 0 Å². The highest BCUT2D eigenvalue weighted by Crippen LogP contribution is 2.44. The van der Waals surface area contributed by atoms with Gasteiger partial charge in [0.25, 0.3) is 0 Å². The van der Waals surface area contributed by atoms with Crippen LogP contribution in [0.15, 0.2) is 4.99 Å². The maximum absolute atomic E-state index is 6.03. The predicted molar refractivity (Wildman–Crippen MR) is 72.3 cm³/mol. The number of rotatable bonds is 1. The molecule has 16 heavy (non-hydrogen) atoms. The molecule has 0 spiro atoms. The van der Waals surface area contributed by atoms with E-state index >= 15 is 0 Å². The van der Waals surface area contributed by atoms with E-state index < -0.39 is 0 Å². The lowest BCUT2D eigenvalue weighted by Crippen LogP contribution is -2.18. The fourth-order valence-corrected chi connectivity index (χ4v) is 2.10. The third-order valence-electron chi connectivity index (χ3n) is 2.74. The van der Waals surface area contributed by atoms with E-state index in [2.05, 4.69) is 32.5 Å². The minimum absolute atomic E-state index is 0.102. The molecule has 0 aromatic heterocycles. The highest BCUT2D eigenvalue weighted by Gasteiger charge is 2.24. The van der Waals surface area contributed by atoms with Crippen molar-refractivity contribution in [1.82, 2.24) is 0 Å². The molecule has 4 nitrogen and oxygen atoms in total. The van der Waals surface area contributed by atoms with Crippen molar-refractivity contribution in [2.75, 3.05) is 17.2 Å². The zero-order valence-corrected chi connectivity index (χ0v) is 10.4. The van der Waals surface area contributed by atoms with E-state index in [4.69, 9.17) is 17.2 Å². The lowest BCUT2D eigenvalue weighted by atomic mass is 9.81. The van der Waals surface area contributed by atoms with Gasteiger partial charge < -0.3 is 17.2 Å². The molecule has 1 rings (SSSR count). The summed E-state index contributed by atoms with van der Waals surface area (Å²) in [6.07, 6.45) is 0. The highest BCUT2D eigenvalue weighted by atomic mass is 14.8. The van der Waals surface area contributed by atoms with Crippen LogP contribution in [0.1, 0.15) is 31.9 Å². The molecule has 0 aliphatic carbocycles. The molecule has 0 aliphatic rings. The second-order valence-corrected chi connectivity index (χ2v) is 5.00. The van der Waals surface area contributed by atoms with Gasteiger partial charge in [-0.25, -0.2) is 0 Å². The molecular weight excluding hydrogens is 200 g/mol. The maximum atomic E-state index is 6.03. The van der Waals surface area contributed by atoms with Crippen LogP contribution in [0.5, 0.6) is 0 Å². The fraction of sp³-hybridized carbons (Fsp3) is 0.417. The van der Waals surface area contributed by atoms with E-state index in [1.807, 2.05) is 6.92 Å². The predicted octanol–water partition coefficient (Wildman–Crippen LogP) is 2.37. The van der Waals surface area contributed by atoms with E-state index in [1.165, 1.54) is 0 Å². The summed E-state index contributed by atoms with van der Waals surface area (Å²) in [6.45, 7) is 11.7. The van der Waals surface area contributed by atoms with Gasteiger partial charge in [-0.3, -0.25) is 4.99 Å². The number of nitrogen functional groups attached to an aromatic ring is 3. The number of benzene rings is 1.